The standard InChI is InChI=1S/C29H30F2N4O4.C2HF3O2/c1-17-13-24(39-16-20-21(30)10-8-11-22(20)31)26-32-18(2)25(34(26)14-17)27(36)33-23-12-7-6-9-19(23)15-35(28(37)38)29(3,4)5;3-2(4,5)1(6)7/h6-14H,15-16H2,1-5H3,(H,33,36)(H,37,38);(H,6,7). The van der Waals surface area contributed by atoms with Gasteiger partial charge in [0.2, 0.25) is 0 Å². The Hall–Kier alpha value is -5.21. The summed E-state index contributed by atoms with van der Waals surface area (Å²) in [4.78, 5) is 40.1. The second-order valence-corrected chi connectivity index (χ2v) is 11.1. The van der Waals surface area contributed by atoms with Gasteiger partial charge in [0.25, 0.3) is 5.91 Å². The molecule has 15 heteroatoms. The van der Waals surface area contributed by atoms with Crippen LogP contribution in [-0.2, 0) is 17.9 Å². The van der Waals surface area contributed by atoms with Crippen LogP contribution in [0.3, 0.4) is 0 Å². The van der Waals surface area contributed by atoms with Gasteiger partial charge < -0.3 is 20.3 Å². The van der Waals surface area contributed by atoms with E-state index in [-0.39, 0.29) is 30.2 Å². The van der Waals surface area contributed by atoms with E-state index in [1.54, 1.807) is 75.5 Å². The third-order valence-electron chi connectivity index (χ3n) is 6.52. The van der Waals surface area contributed by atoms with E-state index in [9.17, 15) is 36.6 Å². The zero-order valence-corrected chi connectivity index (χ0v) is 25.4. The van der Waals surface area contributed by atoms with E-state index in [0.717, 1.165) is 17.7 Å². The zero-order chi connectivity index (χ0) is 34.6. The number of ether oxygens (including phenoxy) is 1. The smallest absolute Gasteiger partial charge is 0.485 e. The van der Waals surface area contributed by atoms with Crippen molar-refractivity contribution in [2.24, 2.45) is 0 Å². The predicted molar refractivity (Wildman–Crippen MR) is 157 cm³/mol. The Balaban J connectivity index is 0.000000738. The maximum Gasteiger partial charge on any atom is 0.490 e. The molecule has 0 saturated heterocycles. The molecule has 3 N–H and O–H groups in total. The number of aromatic nitrogens is 2. The average molecular weight is 651 g/mol. The first-order valence-corrected chi connectivity index (χ1v) is 13.6. The molecule has 0 spiro atoms. The topological polar surface area (TPSA) is 133 Å². The number of aliphatic carboxylic acids is 1. The Bertz CT molecular complexity index is 1740. The Kier molecular flexibility index (Phi) is 10.6. The van der Waals surface area contributed by atoms with E-state index >= 15 is 0 Å². The highest BCUT2D eigenvalue weighted by molar-refractivity contribution is 6.05. The van der Waals surface area contributed by atoms with Crippen molar-refractivity contribution in [3.63, 3.8) is 0 Å². The van der Waals surface area contributed by atoms with Crippen LogP contribution < -0.4 is 10.1 Å². The number of alkyl halides is 3. The summed E-state index contributed by atoms with van der Waals surface area (Å²) in [5.74, 6) is -4.38. The molecule has 0 bridgehead atoms. The number of rotatable bonds is 7. The van der Waals surface area contributed by atoms with Crippen molar-refractivity contribution in [3.05, 3.63) is 94.4 Å². The Morgan fingerprint density at radius 1 is 0.978 bits per heavy atom. The van der Waals surface area contributed by atoms with Crippen LogP contribution in [0.4, 0.5) is 32.4 Å². The molecule has 0 atom stereocenters. The molecule has 10 nitrogen and oxygen atoms in total. The molecule has 0 aliphatic carbocycles. The van der Waals surface area contributed by atoms with Crippen LogP contribution in [-0.4, -0.2) is 54.2 Å². The summed E-state index contributed by atoms with van der Waals surface area (Å²) in [6.07, 6.45) is -4.43. The number of imidazole rings is 1. The van der Waals surface area contributed by atoms with Gasteiger partial charge in [0, 0.05) is 17.4 Å². The lowest BCUT2D eigenvalue weighted by Gasteiger charge is -2.33. The van der Waals surface area contributed by atoms with Crippen LogP contribution in [0, 0.1) is 25.5 Å². The molecular weight excluding hydrogens is 619 g/mol. The summed E-state index contributed by atoms with van der Waals surface area (Å²) in [5, 5.41) is 19.7. The lowest BCUT2D eigenvalue weighted by molar-refractivity contribution is -0.192. The van der Waals surface area contributed by atoms with Gasteiger partial charge in [0.05, 0.1) is 17.8 Å². The van der Waals surface area contributed by atoms with Crippen LogP contribution in [0.25, 0.3) is 5.65 Å². The average Bonchev–Trinajstić information content (AvgIpc) is 3.26. The normalized spacial score (nSPS) is 11.4. The molecule has 246 valence electrons. The van der Waals surface area contributed by atoms with Crippen LogP contribution in [0.5, 0.6) is 5.75 Å². The summed E-state index contributed by atoms with van der Waals surface area (Å²) >= 11 is 0. The molecule has 4 rings (SSSR count). The lowest BCUT2D eigenvalue weighted by atomic mass is 10.0. The maximum absolute atomic E-state index is 14.1. The molecule has 0 aliphatic rings. The third-order valence-corrected chi connectivity index (χ3v) is 6.52. The Morgan fingerprint density at radius 2 is 1.57 bits per heavy atom. The first kappa shape index (κ1) is 35.3. The molecule has 0 radical (unpaired) electrons. The fourth-order valence-corrected chi connectivity index (χ4v) is 4.28. The molecule has 2 aromatic carbocycles. The van der Waals surface area contributed by atoms with E-state index in [1.807, 2.05) is 0 Å². The molecule has 0 aliphatic heterocycles. The monoisotopic (exact) mass is 650 g/mol. The number of amides is 2. The molecule has 0 saturated carbocycles. The summed E-state index contributed by atoms with van der Waals surface area (Å²) in [7, 11) is 0. The maximum atomic E-state index is 14.1. The molecule has 4 aromatic rings. The van der Waals surface area contributed by atoms with Gasteiger partial charge >= 0.3 is 18.2 Å². The number of fused-ring (bicyclic) bond motifs is 1. The molecular formula is C31H31F5N4O6. The largest absolute Gasteiger partial charge is 0.490 e. The van der Waals surface area contributed by atoms with Gasteiger partial charge in [0.1, 0.15) is 23.9 Å². The number of hydrogen-bond donors (Lipinski definition) is 3. The van der Waals surface area contributed by atoms with E-state index in [1.165, 1.54) is 11.0 Å². The highest BCUT2D eigenvalue weighted by Gasteiger charge is 2.38. The number of carbonyl (C=O) groups is 3. The minimum Gasteiger partial charge on any atom is -0.485 e. The SMILES string of the molecule is Cc1cc(OCc2c(F)cccc2F)c2nc(C)c(C(=O)Nc3ccccc3CN(C(=O)O)C(C)(C)C)n2c1.O=C(O)C(F)(F)F. The quantitative estimate of drug-likeness (QED) is 0.184. The van der Waals surface area contributed by atoms with Crippen molar-refractivity contribution >= 4 is 29.3 Å². The van der Waals surface area contributed by atoms with Gasteiger partial charge in [-0.1, -0.05) is 24.3 Å². The van der Waals surface area contributed by atoms with Crippen LogP contribution in [0.15, 0.2) is 54.7 Å². The van der Waals surface area contributed by atoms with E-state index in [0.29, 0.717) is 22.6 Å². The number of anilines is 1. The number of nitrogens with zero attached hydrogens (tertiary/aromatic N) is 3. The van der Waals surface area contributed by atoms with Crippen molar-refractivity contribution in [2.45, 2.75) is 59.5 Å². The van der Waals surface area contributed by atoms with Crippen molar-refractivity contribution in [1.82, 2.24) is 14.3 Å². The first-order valence-electron chi connectivity index (χ1n) is 13.6. The fraction of sp³-hybridized carbons (Fsp3) is 0.290. The number of carboxylic acids is 1. The second-order valence-electron chi connectivity index (χ2n) is 11.1. The Morgan fingerprint density at radius 3 is 2.11 bits per heavy atom. The van der Waals surface area contributed by atoms with Gasteiger partial charge in [-0.25, -0.2) is 23.4 Å². The minimum atomic E-state index is -5.08. The Labute approximate surface area is 260 Å². The van der Waals surface area contributed by atoms with Crippen molar-refractivity contribution in [3.8, 4) is 5.75 Å². The number of pyridine rings is 1. The number of benzene rings is 2. The van der Waals surface area contributed by atoms with E-state index in [4.69, 9.17) is 14.6 Å². The van der Waals surface area contributed by atoms with Gasteiger partial charge in [-0.2, -0.15) is 13.2 Å². The van der Waals surface area contributed by atoms with Crippen molar-refractivity contribution in [1.29, 1.82) is 0 Å². The number of hydrogen-bond acceptors (Lipinski definition) is 5. The number of carbonyl (C=O) groups excluding carboxylic acids is 1. The van der Waals surface area contributed by atoms with Gasteiger partial charge in [0.15, 0.2) is 11.4 Å². The molecule has 2 heterocycles. The van der Waals surface area contributed by atoms with Gasteiger partial charge in [-0.15, -0.1) is 0 Å². The van der Waals surface area contributed by atoms with E-state index in [2.05, 4.69) is 10.3 Å². The molecule has 0 unspecified atom stereocenters. The van der Waals surface area contributed by atoms with Crippen molar-refractivity contribution in [2.75, 3.05) is 5.32 Å². The first-order chi connectivity index (χ1) is 21.3. The lowest BCUT2D eigenvalue weighted by Crippen LogP contribution is -2.44. The molecule has 0 fully saturated rings. The minimum absolute atomic E-state index is 0.0745. The number of aryl methyl sites for hydroxylation is 2. The summed E-state index contributed by atoms with van der Waals surface area (Å²) in [5.41, 5.74) is 1.95. The second kappa shape index (κ2) is 13.8. The summed E-state index contributed by atoms with van der Waals surface area (Å²) in [6.45, 7) is 8.59. The van der Waals surface area contributed by atoms with E-state index < -0.39 is 41.3 Å². The summed E-state index contributed by atoms with van der Waals surface area (Å²) in [6, 6.07) is 12.3. The summed E-state index contributed by atoms with van der Waals surface area (Å²) < 4.78 is 67.3. The van der Waals surface area contributed by atoms with Gasteiger partial charge in [-0.05, 0) is 70.0 Å². The fourth-order valence-electron chi connectivity index (χ4n) is 4.28. The third kappa shape index (κ3) is 8.49. The zero-order valence-electron chi connectivity index (χ0n) is 25.4. The van der Waals surface area contributed by atoms with Gasteiger partial charge in [-0.3, -0.25) is 14.1 Å². The highest BCUT2D eigenvalue weighted by atomic mass is 19.4. The van der Waals surface area contributed by atoms with Crippen LogP contribution in [0.1, 0.15) is 53.6 Å². The number of nitrogens with one attached hydrogen (secondary N) is 1. The number of carboxylic acid groups (broad SMARTS) is 2. The van der Waals surface area contributed by atoms with Crippen LogP contribution in [0.2, 0.25) is 0 Å². The predicted octanol–water partition coefficient (Wildman–Crippen LogP) is 6.97. The number of halogens is 5. The molecule has 46 heavy (non-hydrogen) atoms. The van der Waals surface area contributed by atoms with Crippen LogP contribution >= 0.6 is 0 Å². The van der Waals surface area contributed by atoms with Crippen molar-refractivity contribution < 1.29 is 51.3 Å². The molecule has 2 aromatic heterocycles. The number of para-hydroxylation sites is 1. The highest BCUT2D eigenvalue weighted by Crippen LogP contribution is 2.28. The molecule has 2 amide bonds.